The number of hydrogen-bond donors (Lipinski definition) is 1. The highest BCUT2D eigenvalue weighted by molar-refractivity contribution is 6.35. The Balaban J connectivity index is 2.09. The van der Waals surface area contributed by atoms with Crippen LogP contribution in [-0.2, 0) is 0 Å². The van der Waals surface area contributed by atoms with Gasteiger partial charge in [0, 0.05) is 17.5 Å². The van der Waals surface area contributed by atoms with Crippen LogP contribution in [0.4, 0.5) is 0 Å². The summed E-state index contributed by atoms with van der Waals surface area (Å²) in [4.78, 5) is 0. The third kappa shape index (κ3) is 4.27. The Morgan fingerprint density at radius 1 is 1.37 bits per heavy atom. The van der Waals surface area contributed by atoms with Crippen LogP contribution in [0.15, 0.2) is 18.2 Å². The van der Waals surface area contributed by atoms with E-state index in [9.17, 15) is 0 Å². The predicted molar refractivity (Wildman–Crippen MR) is 81.3 cm³/mol. The van der Waals surface area contributed by atoms with Crippen LogP contribution in [0, 0.1) is 11.8 Å². The van der Waals surface area contributed by atoms with E-state index in [0.717, 1.165) is 25.3 Å². The number of rotatable bonds is 5. The highest BCUT2D eigenvalue weighted by atomic mass is 35.5. The lowest BCUT2D eigenvalue weighted by molar-refractivity contribution is 0.119. The molecular weight excluding hydrogens is 281 g/mol. The third-order valence-corrected chi connectivity index (χ3v) is 4.03. The predicted octanol–water partition coefficient (Wildman–Crippen LogP) is 4.40. The molecule has 1 N–H and O–H groups in total. The minimum atomic E-state index is 0.216. The number of ether oxygens (including phenoxy) is 1. The summed E-state index contributed by atoms with van der Waals surface area (Å²) in [5.74, 6) is 1.91. The van der Waals surface area contributed by atoms with E-state index in [2.05, 4.69) is 19.2 Å². The molecule has 1 heterocycles. The largest absolute Gasteiger partial charge is 0.489 e. The van der Waals surface area contributed by atoms with Crippen LogP contribution in [-0.4, -0.2) is 19.2 Å². The van der Waals surface area contributed by atoms with E-state index < -0.39 is 0 Å². The molecule has 0 radical (unpaired) electrons. The smallest absolute Gasteiger partial charge is 0.138 e. The van der Waals surface area contributed by atoms with Gasteiger partial charge in [-0.2, -0.15) is 0 Å². The van der Waals surface area contributed by atoms with E-state index in [1.807, 2.05) is 12.1 Å². The molecule has 2 nitrogen and oxygen atoms in total. The van der Waals surface area contributed by atoms with E-state index in [1.54, 1.807) is 6.07 Å². The highest BCUT2D eigenvalue weighted by Crippen LogP contribution is 2.31. The van der Waals surface area contributed by atoms with Crippen molar-refractivity contribution >= 4 is 23.2 Å². The van der Waals surface area contributed by atoms with Gasteiger partial charge in [-0.15, -0.1) is 0 Å². The van der Waals surface area contributed by atoms with E-state index in [0.29, 0.717) is 21.9 Å². The van der Waals surface area contributed by atoms with E-state index in [-0.39, 0.29) is 6.10 Å². The summed E-state index contributed by atoms with van der Waals surface area (Å²) in [7, 11) is 0. The van der Waals surface area contributed by atoms with Gasteiger partial charge in [0.05, 0.1) is 5.02 Å². The Morgan fingerprint density at radius 3 is 2.74 bits per heavy atom. The molecule has 106 valence electrons. The zero-order valence-electron chi connectivity index (χ0n) is 11.5. The van der Waals surface area contributed by atoms with Gasteiger partial charge in [0.2, 0.25) is 0 Å². The summed E-state index contributed by atoms with van der Waals surface area (Å²) < 4.78 is 6.16. The lowest BCUT2D eigenvalue weighted by Gasteiger charge is -2.26. The molecule has 0 amide bonds. The molecule has 2 atom stereocenters. The second kappa shape index (κ2) is 6.83. The average Bonchev–Trinajstić information content (AvgIpc) is 2.84. The first-order valence-corrected chi connectivity index (χ1v) is 7.64. The SMILES string of the molecule is CC(C)C[C@H](Oc1ccc(Cl)cc1Cl)C1CCNC1. The van der Waals surface area contributed by atoms with Gasteiger partial charge < -0.3 is 10.1 Å². The Bertz CT molecular complexity index is 417. The summed E-state index contributed by atoms with van der Waals surface area (Å²) >= 11 is 12.1. The Morgan fingerprint density at radius 2 is 2.16 bits per heavy atom. The molecule has 1 fully saturated rings. The van der Waals surface area contributed by atoms with Crippen LogP contribution in [0.25, 0.3) is 0 Å². The van der Waals surface area contributed by atoms with Gasteiger partial charge in [0.25, 0.3) is 0 Å². The van der Waals surface area contributed by atoms with Crippen molar-refractivity contribution in [1.82, 2.24) is 5.32 Å². The van der Waals surface area contributed by atoms with Crippen molar-refractivity contribution in [3.8, 4) is 5.75 Å². The zero-order valence-corrected chi connectivity index (χ0v) is 13.0. The maximum absolute atomic E-state index is 6.19. The minimum Gasteiger partial charge on any atom is -0.489 e. The Kier molecular flexibility index (Phi) is 5.37. The molecule has 0 spiro atoms. The fraction of sp³-hybridized carbons (Fsp3) is 0.600. The number of nitrogens with one attached hydrogen (secondary N) is 1. The molecule has 0 aromatic heterocycles. The molecule has 1 aliphatic rings. The molecule has 19 heavy (non-hydrogen) atoms. The van der Waals surface area contributed by atoms with Crippen LogP contribution in [0.2, 0.25) is 10.0 Å². The highest BCUT2D eigenvalue weighted by Gasteiger charge is 2.27. The first-order valence-electron chi connectivity index (χ1n) is 6.88. The van der Waals surface area contributed by atoms with Crippen LogP contribution in [0.5, 0.6) is 5.75 Å². The van der Waals surface area contributed by atoms with Gasteiger partial charge in [-0.1, -0.05) is 37.0 Å². The van der Waals surface area contributed by atoms with Gasteiger partial charge in [0.1, 0.15) is 11.9 Å². The number of halogens is 2. The van der Waals surface area contributed by atoms with Crippen LogP contribution in [0.3, 0.4) is 0 Å². The molecule has 4 heteroatoms. The van der Waals surface area contributed by atoms with Crippen LogP contribution >= 0.6 is 23.2 Å². The lowest BCUT2D eigenvalue weighted by Crippen LogP contribution is -2.30. The average molecular weight is 302 g/mol. The van der Waals surface area contributed by atoms with Gasteiger partial charge in [-0.3, -0.25) is 0 Å². The first kappa shape index (κ1) is 15.0. The molecule has 1 aromatic carbocycles. The van der Waals surface area contributed by atoms with Crippen LogP contribution in [0.1, 0.15) is 26.7 Å². The van der Waals surface area contributed by atoms with E-state index in [4.69, 9.17) is 27.9 Å². The summed E-state index contributed by atoms with van der Waals surface area (Å²) in [5.41, 5.74) is 0. The fourth-order valence-electron chi connectivity index (χ4n) is 2.53. The summed E-state index contributed by atoms with van der Waals surface area (Å²) in [6, 6.07) is 5.42. The quantitative estimate of drug-likeness (QED) is 0.870. The molecule has 1 aliphatic heterocycles. The first-order chi connectivity index (χ1) is 9.06. The Labute approximate surface area is 125 Å². The fourth-order valence-corrected chi connectivity index (χ4v) is 2.98. The Hall–Kier alpha value is -0.440. The third-order valence-electron chi connectivity index (χ3n) is 3.50. The normalized spacial score (nSPS) is 20.8. The molecular formula is C15H21Cl2NO. The maximum atomic E-state index is 6.19. The summed E-state index contributed by atoms with van der Waals surface area (Å²) in [6.07, 6.45) is 2.43. The van der Waals surface area contributed by atoms with Gasteiger partial charge in [-0.25, -0.2) is 0 Å². The van der Waals surface area contributed by atoms with Crippen molar-refractivity contribution in [1.29, 1.82) is 0 Å². The molecule has 0 saturated carbocycles. The minimum absolute atomic E-state index is 0.216. The van der Waals surface area contributed by atoms with Crippen LogP contribution < -0.4 is 10.1 Å². The van der Waals surface area contributed by atoms with Crippen molar-refractivity contribution in [2.24, 2.45) is 11.8 Å². The maximum Gasteiger partial charge on any atom is 0.138 e. The zero-order chi connectivity index (χ0) is 13.8. The van der Waals surface area contributed by atoms with Crippen molar-refractivity contribution in [3.05, 3.63) is 28.2 Å². The van der Waals surface area contributed by atoms with Gasteiger partial charge in [0.15, 0.2) is 0 Å². The standard InChI is InChI=1S/C15H21Cl2NO/c1-10(2)7-15(11-5-6-18-9-11)19-14-4-3-12(16)8-13(14)17/h3-4,8,10-11,15,18H,5-7,9H2,1-2H3/t11?,15-/m0/s1. The second-order valence-corrected chi connectivity index (χ2v) is 6.46. The van der Waals surface area contributed by atoms with E-state index >= 15 is 0 Å². The van der Waals surface area contributed by atoms with Crippen molar-refractivity contribution in [3.63, 3.8) is 0 Å². The molecule has 1 saturated heterocycles. The summed E-state index contributed by atoms with van der Waals surface area (Å²) in [5, 5.41) is 4.63. The van der Waals surface area contributed by atoms with Crippen molar-refractivity contribution in [2.75, 3.05) is 13.1 Å². The van der Waals surface area contributed by atoms with Gasteiger partial charge >= 0.3 is 0 Å². The monoisotopic (exact) mass is 301 g/mol. The molecule has 2 rings (SSSR count). The van der Waals surface area contributed by atoms with Gasteiger partial charge in [-0.05, 0) is 43.5 Å². The molecule has 1 aromatic rings. The molecule has 0 aliphatic carbocycles. The molecule has 0 bridgehead atoms. The number of hydrogen-bond acceptors (Lipinski definition) is 2. The topological polar surface area (TPSA) is 21.3 Å². The van der Waals surface area contributed by atoms with Crippen molar-refractivity contribution < 1.29 is 4.74 Å². The number of benzene rings is 1. The lowest BCUT2D eigenvalue weighted by atomic mass is 9.93. The second-order valence-electron chi connectivity index (χ2n) is 5.61. The van der Waals surface area contributed by atoms with Crippen molar-refractivity contribution in [2.45, 2.75) is 32.8 Å². The molecule has 1 unspecified atom stereocenters. The summed E-state index contributed by atoms with van der Waals surface area (Å²) in [6.45, 7) is 6.56. The van der Waals surface area contributed by atoms with E-state index in [1.165, 1.54) is 6.42 Å².